The van der Waals surface area contributed by atoms with Gasteiger partial charge in [-0.25, -0.2) is 0 Å². The minimum Gasteiger partial charge on any atom is -0.494 e. The number of benzene rings is 1. The largest absolute Gasteiger partial charge is 0.494 e. The van der Waals surface area contributed by atoms with Crippen LogP contribution in [-0.2, 0) is 0 Å². The highest BCUT2D eigenvalue weighted by Crippen LogP contribution is 2.17. The van der Waals surface area contributed by atoms with Crippen LogP contribution in [0.1, 0.15) is 70.9 Å². The van der Waals surface area contributed by atoms with Gasteiger partial charge in [0.2, 0.25) is 0 Å². The van der Waals surface area contributed by atoms with Crippen molar-refractivity contribution in [3.05, 3.63) is 29.8 Å². The van der Waals surface area contributed by atoms with E-state index in [0.717, 1.165) is 18.9 Å². The highest BCUT2D eigenvalue weighted by molar-refractivity contribution is 5.28. The lowest BCUT2D eigenvalue weighted by Crippen LogP contribution is -2.19. The summed E-state index contributed by atoms with van der Waals surface area (Å²) >= 11 is 0. The molecule has 0 heterocycles. The summed E-state index contributed by atoms with van der Waals surface area (Å²) in [5.74, 6) is 0.958. The predicted octanol–water partition coefficient (Wildman–Crippen LogP) is 5.10. The van der Waals surface area contributed by atoms with Crippen LogP contribution in [0.5, 0.6) is 5.75 Å². The van der Waals surface area contributed by atoms with Gasteiger partial charge in [-0.3, -0.25) is 0 Å². The average molecular weight is 277 g/mol. The molecule has 114 valence electrons. The summed E-state index contributed by atoms with van der Waals surface area (Å²) in [6, 6.07) is 8.85. The topological polar surface area (TPSA) is 21.3 Å². The maximum atomic E-state index is 5.47. The van der Waals surface area contributed by atoms with Gasteiger partial charge in [-0.1, -0.05) is 51.2 Å². The van der Waals surface area contributed by atoms with Crippen molar-refractivity contribution in [2.45, 2.75) is 65.3 Å². The van der Waals surface area contributed by atoms with Gasteiger partial charge in [-0.2, -0.15) is 0 Å². The highest BCUT2D eigenvalue weighted by atomic mass is 16.5. The summed E-state index contributed by atoms with van der Waals surface area (Å²) in [7, 11) is 0. The first kappa shape index (κ1) is 17.0. The minimum absolute atomic E-state index is 0.418. The maximum absolute atomic E-state index is 5.47. The van der Waals surface area contributed by atoms with Gasteiger partial charge in [0.05, 0.1) is 6.61 Å². The van der Waals surface area contributed by atoms with E-state index in [-0.39, 0.29) is 0 Å². The molecule has 2 nitrogen and oxygen atoms in total. The molecular weight excluding hydrogens is 246 g/mol. The molecule has 0 saturated heterocycles. The smallest absolute Gasteiger partial charge is 0.119 e. The van der Waals surface area contributed by atoms with E-state index in [1.54, 1.807) is 0 Å². The van der Waals surface area contributed by atoms with E-state index >= 15 is 0 Å². The Balaban J connectivity index is 2.17. The molecule has 0 aliphatic carbocycles. The molecule has 1 unspecified atom stereocenters. The summed E-state index contributed by atoms with van der Waals surface area (Å²) < 4.78 is 5.47. The molecule has 1 aromatic rings. The van der Waals surface area contributed by atoms with Crippen LogP contribution in [0.15, 0.2) is 24.3 Å². The Kier molecular flexibility index (Phi) is 9.14. The molecule has 0 amide bonds. The summed E-state index contributed by atoms with van der Waals surface area (Å²) in [6.45, 7) is 8.34. The predicted molar refractivity (Wildman–Crippen MR) is 87.4 cm³/mol. The second-order valence-electron chi connectivity index (χ2n) is 5.45. The Morgan fingerprint density at radius 2 is 1.60 bits per heavy atom. The van der Waals surface area contributed by atoms with Gasteiger partial charge in [0, 0.05) is 6.04 Å². The van der Waals surface area contributed by atoms with Crippen LogP contribution < -0.4 is 10.1 Å². The van der Waals surface area contributed by atoms with E-state index in [0.29, 0.717) is 6.04 Å². The monoisotopic (exact) mass is 277 g/mol. The molecule has 0 aliphatic heterocycles. The summed E-state index contributed by atoms with van der Waals surface area (Å²) in [4.78, 5) is 0. The Hall–Kier alpha value is -1.02. The number of unbranched alkanes of at least 4 members (excludes halogenated alkanes) is 5. The third kappa shape index (κ3) is 6.95. The van der Waals surface area contributed by atoms with Crippen molar-refractivity contribution in [1.82, 2.24) is 5.32 Å². The zero-order chi connectivity index (χ0) is 14.6. The van der Waals surface area contributed by atoms with Gasteiger partial charge in [0.1, 0.15) is 5.75 Å². The standard InChI is InChI=1S/C18H31NO/c1-4-6-7-8-9-10-15-19-16(3)17-11-13-18(14-12-17)20-5-2/h11-14,16,19H,4-10,15H2,1-3H3. The Morgan fingerprint density at radius 3 is 2.25 bits per heavy atom. The van der Waals surface area contributed by atoms with Gasteiger partial charge in [0.15, 0.2) is 0 Å². The van der Waals surface area contributed by atoms with Crippen LogP contribution in [0.3, 0.4) is 0 Å². The molecule has 0 aliphatic rings. The first-order valence-corrected chi connectivity index (χ1v) is 8.24. The van der Waals surface area contributed by atoms with Crippen LogP contribution in [0.4, 0.5) is 0 Å². The quantitative estimate of drug-likeness (QED) is 0.568. The lowest BCUT2D eigenvalue weighted by molar-refractivity contribution is 0.340. The van der Waals surface area contributed by atoms with Gasteiger partial charge >= 0.3 is 0 Å². The van der Waals surface area contributed by atoms with Gasteiger partial charge < -0.3 is 10.1 Å². The summed E-state index contributed by atoms with van der Waals surface area (Å²) in [5, 5.41) is 3.60. The van der Waals surface area contributed by atoms with Crippen LogP contribution >= 0.6 is 0 Å². The van der Waals surface area contributed by atoms with Crippen molar-refractivity contribution in [1.29, 1.82) is 0 Å². The molecule has 1 rings (SSSR count). The molecule has 0 saturated carbocycles. The van der Waals surface area contributed by atoms with Gasteiger partial charge in [-0.05, 0) is 44.5 Å². The fourth-order valence-corrected chi connectivity index (χ4v) is 2.36. The molecule has 0 spiro atoms. The second-order valence-corrected chi connectivity index (χ2v) is 5.45. The minimum atomic E-state index is 0.418. The van der Waals surface area contributed by atoms with Gasteiger partial charge in [-0.15, -0.1) is 0 Å². The molecule has 1 N–H and O–H groups in total. The third-order valence-electron chi connectivity index (χ3n) is 3.67. The lowest BCUT2D eigenvalue weighted by Gasteiger charge is -2.14. The van der Waals surface area contributed by atoms with E-state index in [1.807, 2.05) is 6.92 Å². The van der Waals surface area contributed by atoms with Crippen molar-refractivity contribution < 1.29 is 4.74 Å². The second kappa shape index (κ2) is 10.7. The Bertz CT molecular complexity index is 334. The zero-order valence-corrected chi connectivity index (χ0v) is 13.5. The molecule has 1 atom stereocenters. The summed E-state index contributed by atoms with van der Waals surface area (Å²) in [6.07, 6.45) is 8.12. The molecule has 0 aromatic heterocycles. The van der Waals surface area contributed by atoms with E-state index in [9.17, 15) is 0 Å². The van der Waals surface area contributed by atoms with Crippen molar-refractivity contribution in [3.63, 3.8) is 0 Å². The zero-order valence-electron chi connectivity index (χ0n) is 13.5. The number of ether oxygens (including phenoxy) is 1. The number of rotatable bonds is 11. The molecule has 0 bridgehead atoms. The van der Waals surface area contributed by atoms with E-state index in [4.69, 9.17) is 4.74 Å². The van der Waals surface area contributed by atoms with E-state index < -0.39 is 0 Å². The Morgan fingerprint density at radius 1 is 0.950 bits per heavy atom. The van der Waals surface area contributed by atoms with E-state index in [1.165, 1.54) is 44.1 Å². The first-order valence-electron chi connectivity index (χ1n) is 8.24. The number of nitrogens with one attached hydrogen (secondary N) is 1. The normalized spacial score (nSPS) is 12.3. The van der Waals surface area contributed by atoms with Crippen LogP contribution in [0, 0.1) is 0 Å². The molecule has 2 heteroatoms. The van der Waals surface area contributed by atoms with Crippen molar-refractivity contribution in [2.75, 3.05) is 13.2 Å². The molecule has 1 aromatic carbocycles. The fourth-order valence-electron chi connectivity index (χ4n) is 2.36. The van der Waals surface area contributed by atoms with Gasteiger partial charge in [0.25, 0.3) is 0 Å². The molecule has 0 fully saturated rings. The van der Waals surface area contributed by atoms with Crippen LogP contribution in [0.2, 0.25) is 0 Å². The number of hydrogen-bond donors (Lipinski definition) is 1. The highest BCUT2D eigenvalue weighted by Gasteiger charge is 2.04. The van der Waals surface area contributed by atoms with Crippen molar-refractivity contribution >= 4 is 0 Å². The van der Waals surface area contributed by atoms with Crippen molar-refractivity contribution in [3.8, 4) is 5.75 Å². The molecule has 0 radical (unpaired) electrons. The molecular formula is C18H31NO. The third-order valence-corrected chi connectivity index (χ3v) is 3.67. The average Bonchev–Trinajstić information content (AvgIpc) is 2.47. The SMILES string of the molecule is CCCCCCCCNC(C)c1ccc(OCC)cc1. The van der Waals surface area contributed by atoms with Crippen molar-refractivity contribution in [2.24, 2.45) is 0 Å². The Labute approximate surface area is 124 Å². The van der Waals surface area contributed by atoms with E-state index in [2.05, 4.69) is 43.4 Å². The lowest BCUT2D eigenvalue weighted by atomic mass is 10.1. The summed E-state index contributed by atoms with van der Waals surface area (Å²) in [5.41, 5.74) is 1.33. The van der Waals surface area contributed by atoms with Crippen LogP contribution in [-0.4, -0.2) is 13.2 Å². The number of hydrogen-bond acceptors (Lipinski definition) is 2. The first-order chi connectivity index (χ1) is 9.77. The fraction of sp³-hybridized carbons (Fsp3) is 0.667. The maximum Gasteiger partial charge on any atom is 0.119 e. The molecule has 20 heavy (non-hydrogen) atoms. The van der Waals surface area contributed by atoms with Crippen LogP contribution in [0.25, 0.3) is 0 Å².